The van der Waals surface area contributed by atoms with Gasteiger partial charge in [-0.05, 0) is 23.3 Å². The van der Waals surface area contributed by atoms with Gasteiger partial charge in [0.25, 0.3) is 0 Å². The van der Waals surface area contributed by atoms with Gasteiger partial charge in [-0.2, -0.15) is 0 Å². The molecule has 2 rings (SSSR count). The molecule has 3 heteroatoms. The van der Waals surface area contributed by atoms with Gasteiger partial charge in [0.1, 0.15) is 0 Å². The fourth-order valence-electron chi connectivity index (χ4n) is 1.52. The molecule has 0 aromatic heterocycles. The monoisotopic (exact) mass is 253 g/mol. The van der Waals surface area contributed by atoms with E-state index in [9.17, 15) is 0 Å². The van der Waals surface area contributed by atoms with Crippen molar-refractivity contribution >= 4 is 24.0 Å². The molecule has 2 aromatic carbocycles. The van der Waals surface area contributed by atoms with Crippen LogP contribution in [0, 0.1) is 0 Å². The lowest BCUT2D eigenvalue weighted by Crippen LogP contribution is -2.11. The second-order valence-corrected chi connectivity index (χ2v) is 3.88. The molecule has 0 saturated carbocycles. The summed E-state index contributed by atoms with van der Waals surface area (Å²) in [7, 11) is 0. The highest BCUT2D eigenvalue weighted by atomic mass is 35.5. The van der Waals surface area contributed by atoms with Crippen molar-refractivity contribution in [3.8, 4) is 0 Å². The highest BCUT2D eigenvalue weighted by Crippen LogP contribution is 2.20. The minimum atomic E-state index is -0.0801. The van der Waals surface area contributed by atoms with Gasteiger partial charge in [-0.1, -0.05) is 54.1 Å². The van der Waals surface area contributed by atoms with Crippen molar-refractivity contribution in [3.05, 3.63) is 70.7 Å². The predicted octanol–water partition coefficient (Wildman–Crippen LogP) is 3.81. The van der Waals surface area contributed by atoms with Crippen LogP contribution in [0.3, 0.4) is 0 Å². The molecule has 0 heterocycles. The Labute approximate surface area is 107 Å². The average Bonchev–Trinajstić information content (AvgIpc) is 2.30. The Bertz CT molecular complexity index is 425. The van der Waals surface area contributed by atoms with Crippen LogP contribution in [0.1, 0.15) is 17.2 Å². The number of rotatable bonds is 2. The summed E-state index contributed by atoms with van der Waals surface area (Å²) in [4.78, 5) is 0. The van der Waals surface area contributed by atoms with E-state index >= 15 is 0 Å². The van der Waals surface area contributed by atoms with Gasteiger partial charge in [-0.15, -0.1) is 12.4 Å². The molecule has 0 aliphatic rings. The van der Waals surface area contributed by atoms with Crippen molar-refractivity contribution in [2.45, 2.75) is 6.04 Å². The summed E-state index contributed by atoms with van der Waals surface area (Å²) in [5.41, 5.74) is 8.31. The first-order chi connectivity index (χ1) is 7.27. The summed E-state index contributed by atoms with van der Waals surface area (Å²) in [5.74, 6) is 0. The molecule has 0 bridgehead atoms. The molecule has 0 fully saturated rings. The van der Waals surface area contributed by atoms with Gasteiger partial charge in [-0.25, -0.2) is 0 Å². The number of nitrogens with two attached hydrogens (primary N) is 1. The second-order valence-electron chi connectivity index (χ2n) is 3.44. The van der Waals surface area contributed by atoms with Crippen molar-refractivity contribution in [1.29, 1.82) is 0 Å². The largest absolute Gasteiger partial charge is 0.320 e. The van der Waals surface area contributed by atoms with Crippen LogP contribution in [0.25, 0.3) is 0 Å². The van der Waals surface area contributed by atoms with Crippen LogP contribution in [0.2, 0.25) is 5.02 Å². The van der Waals surface area contributed by atoms with Crippen LogP contribution in [0.15, 0.2) is 54.6 Å². The molecule has 2 N–H and O–H groups in total. The Kier molecular flexibility index (Phi) is 4.81. The lowest BCUT2D eigenvalue weighted by molar-refractivity contribution is 0.871. The number of benzene rings is 2. The van der Waals surface area contributed by atoms with Gasteiger partial charge in [0.15, 0.2) is 0 Å². The maximum Gasteiger partial charge on any atom is 0.0551 e. The summed E-state index contributed by atoms with van der Waals surface area (Å²) >= 11 is 5.82. The summed E-state index contributed by atoms with van der Waals surface area (Å²) < 4.78 is 0. The SMILES string of the molecule is Cl.N[C@H](c1ccccc1)c1ccc(Cl)cc1. The van der Waals surface area contributed by atoms with E-state index in [1.54, 1.807) is 0 Å². The molecule has 0 amide bonds. The van der Waals surface area contributed by atoms with E-state index in [-0.39, 0.29) is 18.4 Å². The quantitative estimate of drug-likeness (QED) is 0.866. The summed E-state index contributed by atoms with van der Waals surface area (Å²) in [5, 5.41) is 0.735. The standard InChI is InChI=1S/C13H12ClN.ClH/c14-12-8-6-11(7-9-12)13(15)10-4-2-1-3-5-10;/h1-9,13H,15H2;1H/t13-;/m1./s1. The zero-order valence-electron chi connectivity index (χ0n) is 8.64. The van der Waals surface area contributed by atoms with Crippen LogP contribution < -0.4 is 5.73 Å². The average molecular weight is 254 g/mol. The van der Waals surface area contributed by atoms with Crippen molar-refractivity contribution in [2.24, 2.45) is 5.73 Å². The Hall–Kier alpha value is -1.02. The van der Waals surface area contributed by atoms with E-state index in [1.807, 2.05) is 54.6 Å². The third-order valence-electron chi connectivity index (χ3n) is 2.39. The van der Waals surface area contributed by atoms with Crippen LogP contribution in [-0.2, 0) is 0 Å². The highest BCUT2D eigenvalue weighted by molar-refractivity contribution is 6.30. The topological polar surface area (TPSA) is 26.0 Å². The van der Waals surface area contributed by atoms with Gasteiger partial charge in [0.2, 0.25) is 0 Å². The molecule has 84 valence electrons. The second kappa shape index (κ2) is 5.90. The minimum Gasteiger partial charge on any atom is -0.320 e. The van der Waals surface area contributed by atoms with E-state index in [0.717, 1.165) is 16.1 Å². The molecule has 0 spiro atoms. The Morgan fingerprint density at radius 1 is 0.812 bits per heavy atom. The molecule has 0 aliphatic heterocycles. The fraction of sp³-hybridized carbons (Fsp3) is 0.0769. The van der Waals surface area contributed by atoms with E-state index < -0.39 is 0 Å². The van der Waals surface area contributed by atoms with Crippen LogP contribution >= 0.6 is 24.0 Å². The molecule has 1 nitrogen and oxygen atoms in total. The van der Waals surface area contributed by atoms with Gasteiger partial charge in [0, 0.05) is 5.02 Å². The van der Waals surface area contributed by atoms with E-state index in [1.165, 1.54) is 0 Å². The minimum absolute atomic E-state index is 0. The smallest absolute Gasteiger partial charge is 0.0551 e. The summed E-state index contributed by atoms with van der Waals surface area (Å²) in [6.07, 6.45) is 0. The van der Waals surface area contributed by atoms with E-state index in [4.69, 9.17) is 17.3 Å². The Morgan fingerprint density at radius 3 is 1.88 bits per heavy atom. The molecule has 16 heavy (non-hydrogen) atoms. The maximum absolute atomic E-state index is 6.12. The zero-order chi connectivity index (χ0) is 10.7. The number of hydrogen-bond acceptors (Lipinski definition) is 1. The normalized spacial score (nSPS) is 11.6. The fourth-order valence-corrected chi connectivity index (χ4v) is 1.65. The van der Waals surface area contributed by atoms with Crippen molar-refractivity contribution in [1.82, 2.24) is 0 Å². The number of halogens is 2. The zero-order valence-corrected chi connectivity index (χ0v) is 10.2. The van der Waals surface area contributed by atoms with E-state index in [2.05, 4.69) is 0 Å². The molecule has 0 unspecified atom stereocenters. The predicted molar refractivity (Wildman–Crippen MR) is 71.2 cm³/mol. The molecule has 1 atom stereocenters. The molecule has 0 aliphatic carbocycles. The first-order valence-electron chi connectivity index (χ1n) is 4.83. The van der Waals surface area contributed by atoms with Crippen molar-refractivity contribution in [3.63, 3.8) is 0 Å². The first-order valence-corrected chi connectivity index (χ1v) is 5.21. The van der Waals surface area contributed by atoms with Crippen LogP contribution in [0.4, 0.5) is 0 Å². The molecule has 0 saturated heterocycles. The highest BCUT2D eigenvalue weighted by Gasteiger charge is 2.07. The molecular formula is C13H13Cl2N. The number of hydrogen-bond donors (Lipinski definition) is 1. The van der Waals surface area contributed by atoms with Gasteiger partial charge >= 0.3 is 0 Å². The Balaban J connectivity index is 0.00000128. The third kappa shape index (κ3) is 2.99. The van der Waals surface area contributed by atoms with Gasteiger partial charge in [-0.3, -0.25) is 0 Å². The Morgan fingerprint density at radius 2 is 1.31 bits per heavy atom. The lowest BCUT2D eigenvalue weighted by Gasteiger charge is -2.12. The molecule has 0 radical (unpaired) electrons. The first kappa shape index (κ1) is 13.0. The maximum atomic E-state index is 6.12. The molecular weight excluding hydrogens is 241 g/mol. The van der Waals surface area contributed by atoms with Crippen LogP contribution in [0.5, 0.6) is 0 Å². The third-order valence-corrected chi connectivity index (χ3v) is 2.64. The van der Waals surface area contributed by atoms with Gasteiger partial charge in [0.05, 0.1) is 6.04 Å². The van der Waals surface area contributed by atoms with Crippen molar-refractivity contribution < 1.29 is 0 Å². The van der Waals surface area contributed by atoms with Crippen LogP contribution in [-0.4, -0.2) is 0 Å². The summed E-state index contributed by atoms with van der Waals surface area (Å²) in [6, 6.07) is 17.6. The van der Waals surface area contributed by atoms with Gasteiger partial charge < -0.3 is 5.73 Å². The summed E-state index contributed by atoms with van der Waals surface area (Å²) in [6.45, 7) is 0. The van der Waals surface area contributed by atoms with E-state index in [0.29, 0.717) is 0 Å². The molecule has 2 aromatic rings. The lowest BCUT2D eigenvalue weighted by atomic mass is 10.00. The van der Waals surface area contributed by atoms with Crippen molar-refractivity contribution in [2.75, 3.05) is 0 Å².